The van der Waals surface area contributed by atoms with Crippen LogP contribution in [-0.2, 0) is 17.8 Å². The number of hydrogen-bond acceptors (Lipinski definition) is 4. The molecule has 0 unspecified atom stereocenters. The van der Waals surface area contributed by atoms with Gasteiger partial charge in [-0.25, -0.2) is 4.79 Å². The number of rotatable bonds is 8. The van der Waals surface area contributed by atoms with Crippen molar-refractivity contribution < 1.29 is 14.3 Å². The first-order chi connectivity index (χ1) is 14.5. The van der Waals surface area contributed by atoms with E-state index < -0.39 is 0 Å². The van der Waals surface area contributed by atoms with E-state index in [1.165, 1.54) is 25.9 Å². The Bertz CT molecular complexity index is 716. The summed E-state index contributed by atoms with van der Waals surface area (Å²) in [4.78, 5) is 28.8. The van der Waals surface area contributed by atoms with Gasteiger partial charge in [-0.05, 0) is 70.8 Å². The van der Waals surface area contributed by atoms with Gasteiger partial charge < -0.3 is 25.2 Å². The first kappa shape index (κ1) is 22.4. The van der Waals surface area contributed by atoms with Gasteiger partial charge >= 0.3 is 6.03 Å². The fourth-order valence-corrected chi connectivity index (χ4v) is 4.00. The molecule has 2 aliphatic heterocycles. The molecule has 0 spiro atoms. The van der Waals surface area contributed by atoms with E-state index in [0.29, 0.717) is 32.5 Å². The predicted molar refractivity (Wildman–Crippen MR) is 118 cm³/mol. The minimum Gasteiger partial charge on any atom is -0.491 e. The van der Waals surface area contributed by atoms with Crippen molar-refractivity contribution in [3.05, 3.63) is 29.3 Å². The lowest BCUT2D eigenvalue weighted by Crippen LogP contribution is -2.43. The van der Waals surface area contributed by atoms with E-state index in [2.05, 4.69) is 21.6 Å². The summed E-state index contributed by atoms with van der Waals surface area (Å²) < 4.78 is 5.82. The average Bonchev–Trinajstić information content (AvgIpc) is 3.14. The number of amides is 3. The molecule has 1 aromatic carbocycles. The smallest absolute Gasteiger partial charge is 0.318 e. The van der Waals surface area contributed by atoms with Crippen molar-refractivity contribution in [2.45, 2.75) is 58.5 Å². The Morgan fingerprint density at radius 1 is 1.17 bits per heavy atom. The second-order valence-electron chi connectivity index (χ2n) is 8.57. The molecule has 0 bridgehead atoms. The molecule has 1 aromatic rings. The number of fused-ring (bicyclic) bond motifs is 1. The van der Waals surface area contributed by atoms with Crippen molar-refractivity contribution in [3.8, 4) is 5.75 Å². The highest BCUT2D eigenvalue weighted by atomic mass is 16.5. The van der Waals surface area contributed by atoms with Crippen LogP contribution >= 0.6 is 0 Å². The standard InChI is InChI=1S/C23H36N4O3/c1-18(2)25-23(29)27-14-15-30-21-8-6-19(16-20(21)17-27)7-9-22(28)24-10-5-13-26-11-3-4-12-26/h6,8,16,18H,3-5,7,9-15,17H2,1-2H3,(H,24,28)(H,25,29). The molecule has 0 atom stereocenters. The van der Waals surface area contributed by atoms with Crippen LogP contribution in [0.15, 0.2) is 18.2 Å². The molecular weight excluding hydrogens is 380 g/mol. The molecule has 0 radical (unpaired) electrons. The first-order valence-electron chi connectivity index (χ1n) is 11.3. The molecule has 0 aromatic heterocycles. The van der Waals surface area contributed by atoms with Gasteiger partial charge in [0.05, 0.1) is 13.1 Å². The second-order valence-corrected chi connectivity index (χ2v) is 8.57. The zero-order chi connectivity index (χ0) is 21.3. The number of hydrogen-bond donors (Lipinski definition) is 2. The summed E-state index contributed by atoms with van der Waals surface area (Å²) in [5, 5.41) is 5.98. The quantitative estimate of drug-likeness (QED) is 0.639. The number of carbonyl (C=O) groups excluding carboxylic acids is 2. The van der Waals surface area contributed by atoms with E-state index in [1.54, 1.807) is 4.90 Å². The van der Waals surface area contributed by atoms with Crippen molar-refractivity contribution in [2.24, 2.45) is 0 Å². The van der Waals surface area contributed by atoms with E-state index in [9.17, 15) is 9.59 Å². The van der Waals surface area contributed by atoms with Crippen molar-refractivity contribution in [3.63, 3.8) is 0 Å². The minimum absolute atomic E-state index is 0.0693. The van der Waals surface area contributed by atoms with Crippen molar-refractivity contribution in [1.82, 2.24) is 20.4 Å². The zero-order valence-electron chi connectivity index (χ0n) is 18.4. The predicted octanol–water partition coefficient (Wildman–Crippen LogP) is 2.53. The molecule has 0 saturated carbocycles. The molecule has 2 heterocycles. The summed E-state index contributed by atoms with van der Waals surface area (Å²) in [5.74, 6) is 0.922. The third-order valence-electron chi connectivity index (χ3n) is 5.62. The van der Waals surface area contributed by atoms with Gasteiger partial charge in [-0.3, -0.25) is 4.79 Å². The van der Waals surface area contributed by atoms with Gasteiger partial charge in [0, 0.05) is 24.6 Å². The fourth-order valence-electron chi connectivity index (χ4n) is 4.00. The Morgan fingerprint density at radius 3 is 2.73 bits per heavy atom. The lowest BCUT2D eigenvalue weighted by Gasteiger charge is -2.22. The van der Waals surface area contributed by atoms with Gasteiger partial charge in [0.25, 0.3) is 0 Å². The maximum absolute atomic E-state index is 12.4. The lowest BCUT2D eigenvalue weighted by atomic mass is 10.0. The highest BCUT2D eigenvalue weighted by molar-refractivity contribution is 5.76. The monoisotopic (exact) mass is 416 g/mol. The number of nitrogens with zero attached hydrogens (tertiary/aromatic N) is 2. The van der Waals surface area contributed by atoms with Crippen LogP contribution in [0.5, 0.6) is 5.75 Å². The van der Waals surface area contributed by atoms with Gasteiger partial charge in [0.1, 0.15) is 12.4 Å². The number of likely N-dealkylation sites (tertiary alicyclic amines) is 1. The Labute approximate surface area is 180 Å². The molecule has 7 nitrogen and oxygen atoms in total. The average molecular weight is 417 g/mol. The highest BCUT2D eigenvalue weighted by Gasteiger charge is 2.20. The van der Waals surface area contributed by atoms with Crippen LogP contribution in [0.3, 0.4) is 0 Å². The van der Waals surface area contributed by atoms with Gasteiger partial charge in [-0.15, -0.1) is 0 Å². The normalized spacial score (nSPS) is 16.7. The highest BCUT2D eigenvalue weighted by Crippen LogP contribution is 2.25. The van der Waals surface area contributed by atoms with E-state index >= 15 is 0 Å². The van der Waals surface area contributed by atoms with Crippen molar-refractivity contribution >= 4 is 11.9 Å². The van der Waals surface area contributed by atoms with Crippen molar-refractivity contribution in [1.29, 1.82) is 0 Å². The SMILES string of the molecule is CC(C)NC(=O)N1CCOc2ccc(CCC(=O)NCCCN3CCCC3)cc2C1. The summed E-state index contributed by atoms with van der Waals surface area (Å²) in [6.07, 6.45) is 4.78. The van der Waals surface area contributed by atoms with Gasteiger partial charge in [0.2, 0.25) is 5.91 Å². The van der Waals surface area contributed by atoms with Crippen LogP contribution < -0.4 is 15.4 Å². The molecule has 166 valence electrons. The summed E-state index contributed by atoms with van der Waals surface area (Å²) >= 11 is 0. The molecule has 30 heavy (non-hydrogen) atoms. The maximum atomic E-state index is 12.4. The van der Waals surface area contributed by atoms with Crippen LogP contribution in [0.1, 0.15) is 50.7 Å². The number of benzene rings is 1. The molecule has 2 N–H and O–H groups in total. The van der Waals surface area contributed by atoms with Gasteiger partial charge in [-0.2, -0.15) is 0 Å². The minimum atomic E-state index is -0.0693. The third-order valence-corrected chi connectivity index (χ3v) is 5.62. The van der Waals surface area contributed by atoms with Crippen LogP contribution in [0.4, 0.5) is 4.79 Å². The summed E-state index contributed by atoms with van der Waals surface area (Å²) in [6, 6.07) is 6.07. The number of aryl methyl sites for hydroxylation is 1. The van der Waals surface area contributed by atoms with E-state index in [-0.39, 0.29) is 18.0 Å². The van der Waals surface area contributed by atoms with Crippen LogP contribution in [0, 0.1) is 0 Å². The molecule has 3 rings (SSSR count). The van der Waals surface area contributed by atoms with Crippen LogP contribution in [-0.4, -0.2) is 67.1 Å². The van der Waals surface area contributed by atoms with Crippen molar-refractivity contribution in [2.75, 3.05) is 39.3 Å². The second kappa shape index (κ2) is 11.2. The number of urea groups is 1. The van der Waals surface area contributed by atoms with E-state index in [1.807, 2.05) is 26.0 Å². The topological polar surface area (TPSA) is 73.9 Å². The largest absolute Gasteiger partial charge is 0.491 e. The molecule has 1 saturated heterocycles. The first-order valence-corrected chi connectivity index (χ1v) is 11.3. The Morgan fingerprint density at radius 2 is 1.97 bits per heavy atom. The fraction of sp³-hybridized carbons (Fsp3) is 0.652. The number of nitrogens with one attached hydrogen (secondary N) is 2. The summed E-state index contributed by atoms with van der Waals surface area (Å²) in [7, 11) is 0. The third kappa shape index (κ3) is 6.90. The van der Waals surface area contributed by atoms with Gasteiger partial charge in [-0.1, -0.05) is 12.1 Å². The van der Waals surface area contributed by atoms with E-state index in [4.69, 9.17) is 4.74 Å². The Hall–Kier alpha value is -2.28. The summed E-state index contributed by atoms with van der Waals surface area (Å²) in [6.45, 7) is 9.69. The molecule has 1 fully saturated rings. The molecule has 3 amide bonds. The lowest BCUT2D eigenvalue weighted by molar-refractivity contribution is -0.121. The van der Waals surface area contributed by atoms with Crippen LogP contribution in [0.2, 0.25) is 0 Å². The molecule has 7 heteroatoms. The van der Waals surface area contributed by atoms with Crippen LogP contribution in [0.25, 0.3) is 0 Å². The zero-order valence-corrected chi connectivity index (χ0v) is 18.4. The molecule has 2 aliphatic rings. The van der Waals surface area contributed by atoms with E-state index in [0.717, 1.165) is 36.4 Å². The van der Waals surface area contributed by atoms with Gasteiger partial charge in [0.15, 0.2) is 0 Å². The Balaban J connectivity index is 1.45. The number of carbonyl (C=O) groups is 2. The number of ether oxygens (including phenoxy) is 1. The Kier molecular flexibility index (Phi) is 8.37. The maximum Gasteiger partial charge on any atom is 0.318 e. The summed E-state index contributed by atoms with van der Waals surface area (Å²) in [5.41, 5.74) is 2.09. The molecule has 0 aliphatic carbocycles. The molecular formula is C23H36N4O3.